The van der Waals surface area contributed by atoms with Gasteiger partial charge in [0.05, 0.1) is 17.3 Å². The third kappa shape index (κ3) is 3.90. The first-order chi connectivity index (χ1) is 13.7. The standard InChI is InChI=1S/C19H18F4N4O2/c1-2-16-25-14(10-24)17-15(26(18(28)29)7-8-27(16)17)6-4-11-3-5-12(13(20)9-11)19(21,22)23/h3,5,9,15H,2,4,6-8H2,1H3,(H,28,29). The molecule has 154 valence electrons. The third-order valence-corrected chi connectivity index (χ3v) is 5.06. The first-order valence-electron chi connectivity index (χ1n) is 9.02. The number of imidazole rings is 1. The van der Waals surface area contributed by atoms with E-state index in [0.717, 1.165) is 6.07 Å². The highest BCUT2D eigenvalue weighted by molar-refractivity contribution is 5.66. The molecule has 0 radical (unpaired) electrons. The van der Waals surface area contributed by atoms with Crippen LogP contribution in [-0.4, -0.2) is 32.2 Å². The maximum absolute atomic E-state index is 13.8. The minimum atomic E-state index is -4.78. The highest BCUT2D eigenvalue weighted by Gasteiger charge is 2.36. The number of halogens is 4. The summed E-state index contributed by atoms with van der Waals surface area (Å²) < 4.78 is 53.9. The van der Waals surface area contributed by atoms with E-state index >= 15 is 0 Å². The number of carbonyl (C=O) groups is 1. The SMILES string of the molecule is CCc1nc(C#N)c2n1CCN(C(=O)O)C2CCc1ccc(C(F)(F)F)c(F)c1. The number of nitriles is 1. The van der Waals surface area contributed by atoms with Gasteiger partial charge in [-0.15, -0.1) is 0 Å². The summed E-state index contributed by atoms with van der Waals surface area (Å²) in [5, 5.41) is 19.0. The van der Waals surface area contributed by atoms with E-state index in [0.29, 0.717) is 36.1 Å². The van der Waals surface area contributed by atoms with Gasteiger partial charge in [0.2, 0.25) is 0 Å². The van der Waals surface area contributed by atoms with Crippen LogP contribution >= 0.6 is 0 Å². The molecule has 1 aliphatic rings. The normalized spacial score (nSPS) is 16.4. The van der Waals surface area contributed by atoms with Crippen LogP contribution in [0.1, 0.15) is 47.7 Å². The van der Waals surface area contributed by atoms with Gasteiger partial charge in [0.25, 0.3) is 0 Å². The smallest absolute Gasteiger partial charge is 0.419 e. The molecule has 1 amide bonds. The van der Waals surface area contributed by atoms with Gasteiger partial charge in [0.1, 0.15) is 17.7 Å². The lowest BCUT2D eigenvalue weighted by atomic mass is 9.98. The van der Waals surface area contributed by atoms with Crippen molar-refractivity contribution in [3.05, 3.63) is 52.4 Å². The lowest BCUT2D eigenvalue weighted by molar-refractivity contribution is -0.140. The van der Waals surface area contributed by atoms with Crippen LogP contribution in [0.25, 0.3) is 0 Å². The molecule has 0 saturated carbocycles. The van der Waals surface area contributed by atoms with Gasteiger partial charge in [-0.25, -0.2) is 14.2 Å². The molecule has 0 bridgehead atoms. The van der Waals surface area contributed by atoms with Crippen LogP contribution in [0.5, 0.6) is 0 Å². The molecular weight excluding hydrogens is 392 g/mol. The summed E-state index contributed by atoms with van der Waals surface area (Å²) in [7, 11) is 0. The van der Waals surface area contributed by atoms with E-state index in [4.69, 9.17) is 0 Å². The van der Waals surface area contributed by atoms with E-state index < -0.39 is 29.7 Å². The number of amides is 1. The van der Waals surface area contributed by atoms with Gasteiger partial charge in [0.15, 0.2) is 5.69 Å². The van der Waals surface area contributed by atoms with Crippen molar-refractivity contribution in [1.82, 2.24) is 14.5 Å². The molecular formula is C19H18F4N4O2. The number of nitrogens with zero attached hydrogens (tertiary/aromatic N) is 4. The fourth-order valence-electron chi connectivity index (χ4n) is 3.73. The maximum Gasteiger partial charge on any atom is 0.419 e. The van der Waals surface area contributed by atoms with Gasteiger partial charge in [-0.3, -0.25) is 4.90 Å². The summed E-state index contributed by atoms with van der Waals surface area (Å²) in [5.74, 6) is -0.697. The van der Waals surface area contributed by atoms with Gasteiger partial charge in [-0.1, -0.05) is 13.0 Å². The molecule has 1 aromatic carbocycles. The Morgan fingerprint density at radius 1 is 1.38 bits per heavy atom. The van der Waals surface area contributed by atoms with Gasteiger partial charge in [0, 0.05) is 19.5 Å². The second-order valence-electron chi connectivity index (χ2n) is 6.72. The summed E-state index contributed by atoms with van der Waals surface area (Å²) in [4.78, 5) is 17.2. The van der Waals surface area contributed by atoms with Crippen molar-refractivity contribution in [2.24, 2.45) is 0 Å². The first kappa shape index (κ1) is 20.6. The number of aromatic nitrogens is 2. The number of hydrogen-bond donors (Lipinski definition) is 1. The number of hydrogen-bond acceptors (Lipinski definition) is 3. The summed E-state index contributed by atoms with van der Waals surface area (Å²) >= 11 is 0. The predicted octanol–water partition coefficient (Wildman–Crippen LogP) is 4.14. The summed E-state index contributed by atoms with van der Waals surface area (Å²) in [5.41, 5.74) is -0.419. The van der Waals surface area contributed by atoms with E-state index in [1.54, 1.807) is 0 Å². The predicted molar refractivity (Wildman–Crippen MR) is 93.5 cm³/mol. The fourth-order valence-corrected chi connectivity index (χ4v) is 3.73. The van der Waals surface area contributed by atoms with Gasteiger partial charge >= 0.3 is 12.3 Å². The number of carboxylic acid groups (broad SMARTS) is 1. The highest BCUT2D eigenvalue weighted by atomic mass is 19.4. The third-order valence-electron chi connectivity index (χ3n) is 5.06. The lowest BCUT2D eigenvalue weighted by Crippen LogP contribution is -2.42. The van der Waals surface area contributed by atoms with Gasteiger partial charge in [-0.05, 0) is 30.5 Å². The maximum atomic E-state index is 13.8. The minimum absolute atomic E-state index is 0.136. The lowest BCUT2D eigenvalue weighted by Gasteiger charge is -2.35. The van der Waals surface area contributed by atoms with E-state index in [2.05, 4.69) is 4.98 Å². The average molecular weight is 410 g/mol. The molecule has 0 saturated heterocycles. The van der Waals surface area contributed by atoms with E-state index in [1.807, 2.05) is 17.6 Å². The average Bonchev–Trinajstić information content (AvgIpc) is 3.03. The first-order valence-corrected chi connectivity index (χ1v) is 9.02. The van der Waals surface area contributed by atoms with Crippen molar-refractivity contribution in [1.29, 1.82) is 5.26 Å². The van der Waals surface area contributed by atoms with Crippen LogP contribution < -0.4 is 0 Å². The second kappa shape index (κ2) is 7.73. The largest absolute Gasteiger partial charge is 0.465 e. The van der Waals surface area contributed by atoms with Crippen molar-refractivity contribution in [2.45, 2.75) is 44.9 Å². The molecule has 0 fully saturated rings. The molecule has 1 N–H and O–H groups in total. The summed E-state index contributed by atoms with van der Waals surface area (Å²) in [6, 6.07) is 3.97. The molecule has 10 heteroatoms. The topological polar surface area (TPSA) is 82.2 Å². The molecule has 3 rings (SSSR count). The number of rotatable bonds is 4. The Morgan fingerprint density at radius 2 is 2.10 bits per heavy atom. The molecule has 29 heavy (non-hydrogen) atoms. The van der Waals surface area contributed by atoms with Gasteiger partial charge in [-0.2, -0.15) is 18.4 Å². The Kier molecular flexibility index (Phi) is 5.50. The molecule has 2 heterocycles. The molecule has 0 aliphatic carbocycles. The van der Waals surface area contributed by atoms with E-state index in [-0.39, 0.29) is 25.1 Å². The number of benzene rings is 1. The zero-order valence-corrected chi connectivity index (χ0v) is 15.5. The van der Waals surface area contributed by atoms with Crippen LogP contribution in [0.2, 0.25) is 0 Å². The summed E-state index contributed by atoms with van der Waals surface area (Å²) in [6.07, 6.45) is -5.06. The monoisotopic (exact) mass is 410 g/mol. The molecule has 1 aromatic heterocycles. The Morgan fingerprint density at radius 3 is 2.66 bits per heavy atom. The Labute approximate surface area is 164 Å². The van der Waals surface area contributed by atoms with Crippen molar-refractivity contribution >= 4 is 6.09 Å². The number of aryl methyl sites for hydroxylation is 2. The molecule has 1 aliphatic heterocycles. The van der Waals surface area contributed by atoms with Crippen LogP contribution in [0.4, 0.5) is 22.4 Å². The van der Waals surface area contributed by atoms with Crippen LogP contribution in [-0.2, 0) is 25.6 Å². The van der Waals surface area contributed by atoms with Gasteiger partial charge < -0.3 is 9.67 Å². The quantitative estimate of drug-likeness (QED) is 0.768. The molecule has 0 spiro atoms. The van der Waals surface area contributed by atoms with Crippen molar-refractivity contribution in [3.8, 4) is 6.07 Å². The fraction of sp³-hybridized carbons (Fsp3) is 0.421. The van der Waals surface area contributed by atoms with Crippen LogP contribution in [0, 0.1) is 17.1 Å². The Hall–Kier alpha value is -3.09. The number of alkyl halides is 3. The Bertz CT molecular complexity index is 978. The van der Waals surface area contributed by atoms with Crippen LogP contribution in [0.3, 0.4) is 0 Å². The highest BCUT2D eigenvalue weighted by Crippen LogP contribution is 2.35. The molecule has 1 atom stereocenters. The zero-order chi connectivity index (χ0) is 21.3. The van der Waals surface area contributed by atoms with Crippen molar-refractivity contribution in [3.63, 3.8) is 0 Å². The molecule has 2 aromatic rings. The zero-order valence-electron chi connectivity index (χ0n) is 15.5. The summed E-state index contributed by atoms with van der Waals surface area (Å²) in [6.45, 7) is 2.44. The minimum Gasteiger partial charge on any atom is -0.465 e. The van der Waals surface area contributed by atoms with E-state index in [1.165, 1.54) is 11.0 Å². The van der Waals surface area contributed by atoms with Crippen molar-refractivity contribution in [2.75, 3.05) is 6.54 Å². The van der Waals surface area contributed by atoms with Crippen LogP contribution in [0.15, 0.2) is 18.2 Å². The van der Waals surface area contributed by atoms with Crippen molar-refractivity contribution < 1.29 is 27.5 Å². The van der Waals surface area contributed by atoms with E-state index in [9.17, 15) is 32.7 Å². The molecule has 6 nitrogen and oxygen atoms in total. The second-order valence-corrected chi connectivity index (χ2v) is 6.72. The molecule has 1 unspecified atom stereocenters. The number of fused-ring (bicyclic) bond motifs is 1. The Balaban J connectivity index is 1.91.